The Morgan fingerprint density at radius 2 is 2.16 bits per heavy atom. The van der Waals surface area contributed by atoms with E-state index in [-0.39, 0.29) is 25.0 Å². The lowest BCUT2D eigenvalue weighted by atomic mass is 10.1. The van der Waals surface area contributed by atoms with Crippen LogP contribution in [-0.4, -0.2) is 23.7 Å². The number of rotatable bonds is 6. The molecule has 0 saturated heterocycles. The number of halogens is 2. The second kappa shape index (κ2) is 6.60. The summed E-state index contributed by atoms with van der Waals surface area (Å²) < 4.78 is 0. The molecule has 0 spiro atoms. The Morgan fingerprint density at radius 3 is 2.79 bits per heavy atom. The highest BCUT2D eigenvalue weighted by molar-refractivity contribution is 6.33. The Labute approximate surface area is 122 Å². The van der Waals surface area contributed by atoms with E-state index in [9.17, 15) is 4.79 Å². The van der Waals surface area contributed by atoms with Crippen LogP contribution >= 0.6 is 23.2 Å². The van der Waals surface area contributed by atoms with Gasteiger partial charge in [0.2, 0.25) is 5.91 Å². The van der Waals surface area contributed by atoms with Crippen LogP contribution in [0.5, 0.6) is 0 Å². The Bertz CT molecular complexity index is 461. The largest absolute Gasteiger partial charge is 0.396 e. The Kier molecular flexibility index (Phi) is 5.08. The first kappa shape index (κ1) is 14.6. The summed E-state index contributed by atoms with van der Waals surface area (Å²) in [6, 6.07) is 5.18. The van der Waals surface area contributed by atoms with E-state index in [0.717, 1.165) is 18.4 Å². The lowest BCUT2D eigenvalue weighted by Gasteiger charge is -2.17. The van der Waals surface area contributed by atoms with Crippen LogP contribution in [0.4, 0.5) is 0 Å². The maximum atomic E-state index is 12.0. The van der Waals surface area contributed by atoms with Crippen LogP contribution in [0.25, 0.3) is 0 Å². The third kappa shape index (κ3) is 4.37. The average Bonchev–Trinajstić information content (AvgIpc) is 3.17. The zero-order valence-corrected chi connectivity index (χ0v) is 12.0. The highest BCUT2D eigenvalue weighted by Gasteiger charge is 2.31. The summed E-state index contributed by atoms with van der Waals surface area (Å²) in [5.41, 5.74) is 0.727. The molecule has 1 saturated carbocycles. The molecule has 2 rings (SSSR count). The van der Waals surface area contributed by atoms with Gasteiger partial charge in [-0.15, -0.1) is 0 Å². The van der Waals surface area contributed by atoms with Crippen molar-refractivity contribution < 1.29 is 9.90 Å². The van der Waals surface area contributed by atoms with Gasteiger partial charge in [-0.1, -0.05) is 23.2 Å². The summed E-state index contributed by atoms with van der Waals surface area (Å²) >= 11 is 11.9. The zero-order chi connectivity index (χ0) is 13.8. The highest BCUT2D eigenvalue weighted by Crippen LogP contribution is 2.34. The van der Waals surface area contributed by atoms with Crippen molar-refractivity contribution in [3.63, 3.8) is 0 Å². The lowest BCUT2D eigenvalue weighted by Crippen LogP contribution is -2.38. The minimum absolute atomic E-state index is 0.0745. The second-order valence-electron chi connectivity index (χ2n) is 4.94. The summed E-state index contributed by atoms with van der Waals surface area (Å²) in [5, 5.41) is 13.1. The molecular weight excluding hydrogens is 285 g/mol. The molecule has 0 heterocycles. The maximum absolute atomic E-state index is 12.0. The SMILES string of the molecule is O=C(Cc1cc(Cl)ccc1Cl)NC(CCO)C1CC1. The van der Waals surface area contributed by atoms with Crippen LogP contribution < -0.4 is 5.32 Å². The number of amides is 1. The number of carbonyl (C=O) groups is 1. The van der Waals surface area contributed by atoms with Gasteiger partial charge in [0, 0.05) is 22.7 Å². The van der Waals surface area contributed by atoms with E-state index in [1.165, 1.54) is 0 Å². The molecule has 19 heavy (non-hydrogen) atoms. The van der Waals surface area contributed by atoms with Gasteiger partial charge in [0.15, 0.2) is 0 Å². The lowest BCUT2D eigenvalue weighted by molar-refractivity contribution is -0.121. The number of aliphatic hydroxyl groups is 1. The Balaban J connectivity index is 1.94. The first-order valence-electron chi connectivity index (χ1n) is 6.44. The van der Waals surface area contributed by atoms with E-state index in [0.29, 0.717) is 22.4 Å². The molecule has 104 valence electrons. The van der Waals surface area contributed by atoms with Crippen LogP contribution in [-0.2, 0) is 11.2 Å². The van der Waals surface area contributed by atoms with Crippen molar-refractivity contribution >= 4 is 29.1 Å². The number of aliphatic hydroxyl groups excluding tert-OH is 1. The van der Waals surface area contributed by atoms with Crippen molar-refractivity contribution in [1.82, 2.24) is 5.32 Å². The van der Waals surface area contributed by atoms with Crippen molar-refractivity contribution in [2.24, 2.45) is 5.92 Å². The molecule has 0 bridgehead atoms. The van der Waals surface area contributed by atoms with Gasteiger partial charge in [0.1, 0.15) is 0 Å². The minimum Gasteiger partial charge on any atom is -0.396 e. The quantitative estimate of drug-likeness (QED) is 0.849. The topological polar surface area (TPSA) is 49.3 Å². The predicted molar refractivity (Wildman–Crippen MR) is 76.5 cm³/mol. The van der Waals surface area contributed by atoms with E-state index < -0.39 is 0 Å². The van der Waals surface area contributed by atoms with Crippen molar-refractivity contribution in [3.05, 3.63) is 33.8 Å². The van der Waals surface area contributed by atoms with Crippen molar-refractivity contribution in [2.75, 3.05) is 6.61 Å². The van der Waals surface area contributed by atoms with Gasteiger partial charge < -0.3 is 10.4 Å². The normalized spacial score (nSPS) is 16.2. The van der Waals surface area contributed by atoms with Crippen molar-refractivity contribution in [3.8, 4) is 0 Å². The molecule has 5 heteroatoms. The van der Waals surface area contributed by atoms with Gasteiger partial charge in [-0.25, -0.2) is 0 Å². The monoisotopic (exact) mass is 301 g/mol. The standard InChI is InChI=1S/C14H17Cl2NO2/c15-11-3-4-12(16)10(7-11)8-14(19)17-13(5-6-18)9-1-2-9/h3-4,7,9,13,18H,1-2,5-6,8H2,(H,17,19). The fraction of sp³-hybridized carbons (Fsp3) is 0.500. The van der Waals surface area contributed by atoms with Crippen LogP contribution in [0.15, 0.2) is 18.2 Å². The van der Waals surface area contributed by atoms with E-state index >= 15 is 0 Å². The van der Waals surface area contributed by atoms with Gasteiger partial charge in [-0.2, -0.15) is 0 Å². The van der Waals surface area contributed by atoms with Crippen LogP contribution in [0, 0.1) is 5.92 Å². The molecule has 1 aromatic carbocycles. The summed E-state index contributed by atoms with van der Waals surface area (Å²) in [5.74, 6) is 0.445. The summed E-state index contributed by atoms with van der Waals surface area (Å²) in [7, 11) is 0. The molecule has 1 atom stereocenters. The van der Waals surface area contributed by atoms with E-state index in [2.05, 4.69) is 5.32 Å². The molecule has 1 aliphatic rings. The molecule has 1 unspecified atom stereocenters. The molecule has 1 aromatic rings. The molecule has 2 N–H and O–H groups in total. The van der Waals surface area contributed by atoms with E-state index in [1.54, 1.807) is 18.2 Å². The zero-order valence-electron chi connectivity index (χ0n) is 10.5. The molecule has 1 fully saturated rings. The minimum atomic E-state index is -0.0745. The number of benzene rings is 1. The fourth-order valence-electron chi connectivity index (χ4n) is 2.17. The number of hydrogen-bond donors (Lipinski definition) is 2. The summed E-state index contributed by atoms with van der Waals surface area (Å²) in [4.78, 5) is 12.0. The first-order valence-corrected chi connectivity index (χ1v) is 7.20. The molecule has 1 aliphatic carbocycles. The van der Waals surface area contributed by atoms with E-state index in [4.69, 9.17) is 28.3 Å². The fourth-order valence-corrected chi connectivity index (χ4v) is 2.55. The van der Waals surface area contributed by atoms with Crippen LogP contribution in [0.1, 0.15) is 24.8 Å². The van der Waals surface area contributed by atoms with Crippen LogP contribution in [0.3, 0.4) is 0 Å². The Hall–Kier alpha value is -0.770. The highest BCUT2D eigenvalue weighted by atomic mass is 35.5. The molecule has 0 aliphatic heterocycles. The summed E-state index contributed by atoms with van der Waals surface area (Å²) in [6.45, 7) is 0.0966. The molecule has 0 aromatic heterocycles. The van der Waals surface area contributed by atoms with Crippen molar-refractivity contribution in [2.45, 2.75) is 31.7 Å². The molecular formula is C14H17Cl2NO2. The Morgan fingerprint density at radius 1 is 1.42 bits per heavy atom. The second-order valence-corrected chi connectivity index (χ2v) is 5.78. The third-order valence-electron chi connectivity index (χ3n) is 3.34. The number of carbonyl (C=O) groups excluding carboxylic acids is 1. The average molecular weight is 302 g/mol. The maximum Gasteiger partial charge on any atom is 0.224 e. The molecule has 1 amide bonds. The predicted octanol–water partition coefficient (Wildman–Crippen LogP) is 2.81. The van der Waals surface area contributed by atoms with Gasteiger partial charge in [0.25, 0.3) is 0 Å². The van der Waals surface area contributed by atoms with Gasteiger partial charge in [0.05, 0.1) is 6.42 Å². The van der Waals surface area contributed by atoms with E-state index in [1.807, 2.05) is 0 Å². The third-order valence-corrected chi connectivity index (χ3v) is 3.94. The van der Waals surface area contributed by atoms with Crippen molar-refractivity contribution in [1.29, 1.82) is 0 Å². The number of nitrogens with one attached hydrogen (secondary N) is 1. The van der Waals surface area contributed by atoms with Gasteiger partial charge in [-0.3, -0.25) is 4.79 Å². The first-order chi connectivity index (χ1) is 9.10. The van der Waals surface area contributed by atoms with Gasteiger partial charge >= 0.3 is 0 Å². The van der Waals surface area contributed by atoms with Gasteiger partial charge in [-0.05, 0) is 48.9 Å². The molecule has 0 radical (unpaired) electrons. The van der Waals surface area contributed by atoms with Crippen LogP contribution in [0.2, 0.25) is 10.0 Å². The number of hydrogen-bond acceptors (Lipinski definition) is 2. The smallest absolute Gasteiger partial charge is 0.224 e. The molecule has 3 nitrogen and oxygen atoms in total. The summed E-state index contributed by atoms with van der Waals surface area (Å²) in [6.07, 6.45) is 3.08.